The summed E-state index contributed by atoms with van der Waals surface area (Å²) in [5, 5.41) is 2.66. The Morgan fingerprint density at radius 2 is 1.68 bits per heavy atom. The molecule has 0 aliphatic heterocycles. The van der Waals surface area contributed by atoms with Gasteiger partial charge in [-0.2, -0.15) is 0 Å². The van der Waals surface area contributed by atoms with Crippen molar-refractivity contribution in [1.82, 2.24) is 5.32 Å². The van der Waals surface area contributed by atoms with E-state index in [1.54, 1.807) is 14.2 Å². The highest BCUT2D eigenvalue weighted by Crippen LogP contribution is 2.24. The van der Waals surface area contributed by atoms with Crippen LogP contribution in [0.2, 0.25) is 0 Å². The van der Waals surface area contributed by atoms with Crippen molar-refractivity contribution in [3.8, 4) is 16.9 Å². The molecule has 19 heavy (non-hydrogen) atoms. The molecule has 0 saturated heterocycles. The molecule has 0 bridgehead atoms. The summed E-state index contributed by atoms with van der Waals surface area (Å²) >= 11 is 0. The summed E-state index contributed by atoms with van der Waals surface area (Å²) in [4.78, 5) is 11.8. The van der Waals surface area contributed by atoms with Gasteiger partial charge in [-0.15, -0.1) is 0 Å². The fourth-order valence-corrected chi connectivity index (χ4v) is 1.96. The van der Waals surface area contributed by atoms with Crippen LogP contribution in [-0.4, -0.2) is 20.1 Å². The Hall–Kier alpha value is -2.29. The van der Waals surface area contributed by atoms with Gasteiger partial charge in [0.05, 0.1) is 7.11 Å². The smallest absolute Gasteiger partial charge is 0.251 e. The van der Waals surface area contributed by atoms with Crippen molar-refractivity contribution >= 4 is 5.91 Å². The number of rotatable bonds is 3. The molecule has 1 amide bonds. The molecule has 0 spiro atoms. The van der Waals surface area contributed by atoms with Crippen LogP contribution in [0.3, 0.4) is 0 Å². The monoisotopic (exact) mass is 255 g/mol. The SMILES string of the molecule is CNC(=O)c1cc(-c2ccc(OC)cc2)ccc1C. The van der Waals surface area contributed by atoms with Gasteiger partial charge in [-0.25, -0.2) is 0 Å². The molecule has 2 aromatic rings. The molecule has 0 fully saturated rings. The predicted molar refractivity (Wildman–Crippen MR) is 76.6 cm³/mol. The number of hydrogen-bond donors (Lipinski definition) is 1. The second-order valence-corrected chi connectivity index (χ2v) is 4.34. The first-order chi connectivity index (χ1) is 9.15. The van der Waals surface area contributed by atoms with E-state index in [0.29, 0.717) is 5.56 Å². The van der Waals surface area contributed by atoms with Gasteiger partial charge in [0, 0.05) is 12.6 Å². The maximum atomic E-state index is 11.8. The molecule has 0 aliphatic rings. The number of nitrogens with one attached hydrogen (secondary N) is 1. The summed E-state index contributed by atoms with van der Waals surface area (Å²) in [6.45, 7) is 1.93. The summed E-state index contributed by atoms with van der Waals surface area (Å²) in [6.07, 6.45) is 0. The Morgan fingerprint density at radius 1 is 1.05 bits per heavy atom. The van der Waals surface area contributed by atoms with Gasteiger partial charge in [-0.3, -0.25) is 4.79 Å². The van der Waals surface area contributed by atoms with Gasteiger partial charge in [-0.05, 0) is 41.8 Å². The van der Waals surface area contributed by atoms with Crippen molar-refractivity contribution in [2.24, 2.45) is 0 Å². The molecule has 1 N–H and O–H groups in total. The number of methoxy groups -OCH3 is 1. The van der Waals surface area contributed by atoms with E-state index in [1.807, 2.05) is 49.4 Å². The average molecular weight is 255 g/mol. The molecule has 2 rings (SSSR count). The first-order valence-corrected chi connectivity index (χ1v) is 6.13. The van der Waals surface area contributed by atoms with E-state index in [9.17, 15) is 4.79 Å². The van der Waals surface area contributed by atoms with Crippen molar-refractivity contribution in [2.75, 3.05) is 14.2 Å². The zero-order valence-electron chi connectivity index (χ0n) is 11.4. The summed E-state index contributed by atoms with van der Waals surface area (Å²) in [7, 11) is 3.28. The number of hydrogen-bond acceptors (Lipinski definition) is 2. The first-order valence-electron chi connectivity index (χ1n) is 6.13. The fourth-order valence-electron chi connectivity index (χ4n) is 1.96. The largest absolute Gasteiger partial charge is 0.497 e. The molecular formula is C16H17NO2. The lowest BCUT2D eigenvalue weighted by molar-refractivity contribution is 0.0962. The summed E-state index contributed by atoms with van der Waals surface area (Å²) < 4.78 is 5.14. The lowest BCUT2D eigenvalue weighted by Gasteiger charge is -2.08. The molecule has 0 unspecified atom stereocenters. The van der Waals surface area contributed by atoms with E-state index >= 15 is 0 Å². The highest BCUT2D eigenvalue weighted by atomic mass is 16.5. The van der Waals surface area contributed by atoms with E-state index < -0.39 is 0 Å². The molecule has 0 aromatic heterocycles. The first kappa shape index (κ1) is 13.1. The van der Waals surface area contributed by atoms with Crippen molar-refractivity contribution in [1.29, 1.82) is 0 Å². The van der Waals surface area contributed by atoms with Crippen molar-refractivity contribution in [3.05, 3.63) is 53.6 Å². The Balaban J connectivity index is 2.42. The molecule has 3 nitrogen and oxygen atoms in total. The minimum Gasteiger partial charge on any atom is -0.497 e. The Bertz CT molecular complexity index is 588. The van der Waals surface area contributed by atoms with Crippen molar-refractivity contribution in [2.45, 2.75) is 6.92 Å². The van der Waals surface area contributed by atoms with Gasteiger partial charge in [0.15, 0.2) is 0 Å². The van der Waals surface area contributed by atoms with E-state index in [4.69, 9.17) is 4.74 Å². The van der Waals surface area contributed by atoms with Crippen LogP contribution in [0.1, 0.15) is 15.9 Å². The van der Waals surface area contributed by atoms with Crippen molar-refractivity contribution in [3.63, 3.8) is 0 Å². The number of benzene rings is 2. The fraction of sp³-hybridized carbons (Fsp3) is 0.188. The highest BCUT2D eigenvalue weighted by molar-refractivity contribution is 5.96. The normalized spacial score (nSPS) is 10.1. The van der Waals surface area contributed by atoms with Crippen LogP contribution in [0.25, 0.3) is 11.1 Å². The maximum Gasteiger partial charge on any atom is 0.251 e. The second-order valence-electron chi connectivity index (χ2n) is 4.34. The van der Waals surface area contributed by atoms with Crippen LogP contribution in [0, 0.1) is 6.92 Å². The third-order valence-electron chi connectivity index (χ3n) is 3.13. The van der Waals surface area contributed by atoms with Crippen LogP contribution in [0.5, 0.6) is 5.75 Å². The van der Waals surface area contributed by atoms with E-state index in [0.717, 1.165) is 22.4 Å². The van der Waals surface area contributed by atoms with Crippen LogP contribution < -0.4 is 10.1 Å². The zero-order chi connectivity index (χ0) is 13.8. The van der Waals surface area contributed by atoms with Crippen LogP contribution in [0.4, 0.5) is 0 Å². The minimum absolute atomic E-state index is 0.0622. The van der Waals surface area contributed by atoms with Crippen LogP contribution in [-0.2, 0) is 0 Å². The van der Waals surface area contributed by atoms with Crippen LogP contribution in [0.15, 0.2) is 42.5 Å². The highest BCUT2D eigenvalue weighted by Gasteiger charge is 2.08. The summed E-state index contributed by atoms with van der Waals surface area (Å²) in [5.74, 6) is 0.759. The van der Waals surface area contributed by atoms with Gasteiger partial charge >= 0.3 is 0 Å². The Labute approximate surface area is 113 Å². The lowest BCUT2D eigenvalue weighted by Crippen LogP contribution is -2.18. The summed E-state index contributed by atoms with van der Waals surface area (Å²) in [5.41, 5.74) is 3.75. The van der Waals surface area contributed by atoms with Gasteiger partial charge in [-0.1, -0.05) is 24.3 Å². The van der Waals surface area contributed by atoms with Gasteiger partial charge in [0.25, 0.3) is 5.91 Å². The second kappa shape index (κ2) is 5.57. The van der Waals surface area contributed by atoms with E-state index in [-0.39, 0.29) is 5.91 Å². The molecule has 0 atom stereocenters. The Kier molecular flexibility index (Phi) is 3.85. The summed E-state index contributed by atoms with van der Waals surface area (Å²) in [6, 6.07) is 13.7. The molecule has 2 aromatic carbocycles. The Morgan fingerprint density at radius 3 is 2.26 bits per heavy atom. The van der Waals surface area contributed by atoms with Gasteiger partial charge < -0.3 is 10.1 Å². The molecule has 0 aliphatic carbocycles. The number of carbonyl (C=O) groups excluding carboxylic acids is 1. The third-order valence-corrected chi connectivity index (χ3v) is 3.13. The minimum atomic E-state index is -0.0622. The van der Waals surface area contributed by atoms with Crippen LogP contribution >= 0.6 is 0 Å². The maximum absolute atomic E-state index is 11.8. The predicted octanol–water partition coefficient (Wildman–Crippen LogP) is 3.03. The third kappa shape index (κ3) is 2.76. The topological polar surface area (TPSA) is 38.3 Å². The van der Waals surface area contributed by atoms with Gasteiger partial charge in [0.1, 0.15) is 5.75 Å². The number of aryl methyl sites for hydroxylation is 1. The van der Waals surface area contributed by atoms with Gasteiger partial charge in [0.2, 0.25) is 0 Å². The molecule has 3 heteroatoms. The number of carbonyl (C=O) groups is 1. The molecule has 0 radical (unpaired) electrons. The molecule has 0 heterocycles. The molecular weight excluding hydrogens is 238 g/mol. The lowest BCUT2D eigenvalue weighted by atomic mass is 9.99. The molecule has 0 saturated carbocycles. The number of amides is 1. The van der Waals surface area contributed by atoms with Crippen molar-refractivity contribution < 1.29 is 9.53 Å². The molecule has 98 valence electrons. The quantitative estimate of drug-likeness (QED) is 0.915. The standard InChI is InChI=1S/C16H17NO2/c1-11-4-5-13(10-15(11)16(18)17-2)12-6-8-14(19-3)9-7-12/h4-10H,1-3H3,(H,17,18). The number of ether oxygens (including phenoxy) is 1. The zero-order valence-corrected chi connectivity index (χ0v) is 11.4. The van der Waals surface area contributed by atoms with E-state index in [1.165, 1.54) is 0 Å². The average Bonchev–Trinajstić information content (AvgIpc) is 2.47. The van der Waals surface area contributed by atoms with E-state index in [2.05, 4.69) is 5.32 Å².